The third-order valence-electron chi connectivity index (χ3n) is 2.85. The number of pyridine rings is 1. The maximum Gasteiger partial charge on any atom is 0.338 e. The van der Waals surface area contributed by atoms with E-state index in [1.807, 2.05) is 19.9 Å². The molecule has 0 aliphatic carbocycles. The Kier molecular flexibility index (Phi) is 5.36. The van der Waals surface area contributed by atoms with Gasteiger partial charge < -0.3 is 14.2 Å². The first-order valence-corrected chi connectivity index (χ1v) is 7.01. The Labute approximate surface area is 129 Å². The predicted octanol–water partition coefficient (Wildman–Crippen LogP) is 3.23. The average Bonchev–Trinajstić information content (AvgIpc) is 2.53. The molecule has 2 rings (SSSR count). The second-order valence-corrected chi connectivity index (χ2v) is 4.97. The molecular formula is C17H19NO4. The lowest BCUT2D eigenvalue weighted by Crippen LogP contribution is -2.09. The Bertz CT molecular complexity index is 626. The van der Waals surface area contributed by atoms with Crippen molar-refractivity contribution >= 4 is 5.97 Å². The molecule has 0 N–H and O–H groups in total. The Balaban J connectivity index is 2.06. The van der Waals surface area contributed by atoms with E-state index in [0.29, 0.717) is 17.1 Å². The summed E-state index contributed by atoms with van der Waals surface area (Å²) >= 11 is 0. The highest BCUT2D eigenvalue weighted by molar-refractivity contribution is 5.90. The molecule has 1 aromatic heterocycles. The zero-order valence-corrected chi connectivity index (χ0v) is 12.9. The van der Waals surface area contributed by atoms with Gasteiger partial charge in [-0.15, -0.1) is 0 Å². The van der Waals surface area contributed by atoms with Crippen molar-refractivity contribution in [2.24, 2.45) is 0 Å². The summed E-state index contributed by atoms with van der Waals surface area (Å²) in [7, 11) is 1.53. The van der Waals surface area contributed by atoms with Gasteiger partial charge in [0.25, 0.3) is 0 Å². The van der Waals surface area contributed by atoms with Gasteiger partial charge in [-0.05, 0) is 38.1 Å². The first-order chi connectivity index (χ1) is 10.6. The number of benzene rings is 1. The van der Waals surface area contributed by atoms with E-state index in [1.165, 1.54) is 7.11 Å². The van der Waals surface area contributed by atoms with Crippen molar-refractivity contribution in [3.63, 3.8) is 0 Å². The minimum atomic E-state index is -0.418. The van der Waals surface area contributed by atoms with Gasteiger partial charge in [-0.1, -0.05) is 6.07 Å². The second-order valence-electron chi connectivity index (χ2n) is 4.97. The number of aromatic nitrogens is 1. The lowest BCUT2D eigenvalue weighted by atomic mass is 10.2. The summed E-state index contributed by atoms with van der Waals surface area (Å²) in [5.74, 6) is 0.684. The molecule has 0 saturated heterocycles. The molecule has 2 aromatic rings. The highest BCUT2D eigenvalue weighted by Gasteiger charge is 2.13. The van der Waals surface area contributed by atoms with Gasteiger partial charge in [0, 0.05) is 18.0 Å². The third kappa shape index (κ3) is 4.22. The van der Waals surface area contributed by atoms with Crippen molar-refractivity contribution in [2.75, 3.05) is 7.11 Å². The number of carbonyl (C=O) groups excluding carboxylic acids is 1. The normalized spacial score (nSPS) is 10.4. The molecule has 0 aliphatic heterocycles. The minimum Gasteiger partial charge on any atom is -0.493 e. The number of methoxy groups -OCH3 is 1. The highest BCUT2D eigenvalue weighted by atomic mass is 16.5. The molecule has 22 heavy (non-hydrogen) atoms. The van der Waals surface area contributed by atoms with E-state index < -0.39 is 5.97 Å². The van der Waals surface area contributed by atoms with Gasteiger partial charge in [-0.25, -0.2) is 4.79 Å². The SMILES string of the molecule is COc1cc(C(=O)OCc2cccnc2)ccc1OC(C)C. The van der Waals surface area contributed by atoms with Crippen LogP contribution < -0.4 is 9.47 Å². The molecule has 1 heterocycles. The number of rotatable bonds is 6. The van der Waals surface area contributed by atoms with Gasteiger partial charge in [-0.2, -0.15) is 0 Å². The lowest BCUT2D eigenvalue weighted by Gasteiger charge is -2.14. The fraction of sp³-hybridized carbons (Fsp3) is 0.294. The Hall–Kier alpha value is -2.56. The Morgan fingerprint density at radius 2 is 2.05 bits per heavy atom. The van der Waals surface area contributed by atoms with Crippen LogP contribution in [0, 0.1) is 0 Å². The summed E-state index contributed by atoms with van der Waals surface area (Å²) in [6, 6.07) is 8.62. The molecule has 0 radical (unpaired) electrons. The standard InChI is InChI=1S/C17H19NO4/c1-12(2)22-15-7-6-14(9-16(15)20-3)17(19)21-11-13-5-4-8-18-10-13/h4-10,12H,11H2,1-3H3. The van der Waals surface area contributed by atoms with Crippen LogP contribution in [0.4, 0.5) is 0 Å². The molecule has 0 saturated carbocycles. The van der Waals surface area contributed by atoms with E-state index in [2.05, 4.69) is 4.98 Å². The first-order valence-electron chi connectivity index (χ1n) is 7.01. The molecular weight excluding hydrogens is 282 g/mol. The maximum absolute atomic E-state index is 12.1. The van der Waals surface area contributed by atoms with Crippen LogP contribution in [0.3, 0.4) is 0 Å². The molecule has 0 fully saturated rings. The molecule has 0 atom stereocenters. The van der Waals surface area contributed by atoms with Crippen LogP contribution in [-0.4, -0.2) is 24.2 Å². The summed E-state index contributed by atoms with van der Waals surface area (Å²) in [6.07, 6.45) is 3.36. The number of hydrogen-bond donors (Lipinski definition) is 0. The molecule has 0 amide bonds. The molecule has 5 nitrogen and oxygen atoms in total. The number of ether oxygens (including phenoxy) is 3. The fourth-order valence-electron chi connectivity index (χ4n) is 1.86. The topological polar surface area (TPSA) is 57.7 Å². The van der Waals surface area contributed by atoms with Gasteiger partial charge in [0.1, 0.15) is 6.61 Å². The van der Waals surface area contributed by atoms with Crippen molar-refractivity contribution in [3.05, 3.63) is 53.9 Å². The van der Waals surface area contributed by atoms with Gasteiger partial charge in [-0.3, -0.25) is 4.98 Å². The maximum atomic E-state index is 12.1. The summed E-state index contributed by atoms with van der Waals surface area (Å²) in [5, 5.41) is 0. The third-order valence-corrected chi connectivity index (χ3v) is 2.85. The van der Waals surface area contributed by atoms with Crippen molar-refractivity contribution < 1.29 is 19.0 Å². The Morgan fingerprint density at radius 1 is 1.23 bits per heavy atom. The van der Waals surface area contributed by atoms with Gasteiger partial charge in [0.05, 0.1) is 18.8 Å². The molecule has 0 aliphatic rings. The van der Waals surface area contributed by atoms with Crippen molar-refractivity contribution in [1.29, 1.82) is 0 Å². The zero-order valence-electron chi connectivity index (χ0n) is 12.9. The van der Waals surface area contributed by atoms with Crippen molar-refractivity contribution in [2.45, 2.75) is 26.6 Å². The molecule has 5 heteroatoms. The van der Waals surface area contributed by atoms with Crippen LogP contribution in [0.25, 0.3) is 0 Å². The molecule has 0 unspecified atom stereocenters. The predicted molar refractivity (Wildman–Crippen MR) is 82.1 cm³/mol. The highest BCUT2D eigenvalue weighted by Crippen LogP contribution is 2.29. The number of hydrogen-bond acceptors (Lipinski definition) is 5. The monoisotopic (exact) mass is 301 g/mol. The van der Waals surface area contributed by atoms with Crippen LogP contribution in [0.1, 0.15) is 29.8 Å². The molecule has 1 aromatic carbocycles. The number of nitrogens with zero attached hydrogens (tertiary/aromatic N) is 1. The first kappa shape index (κ1) is 15.8. The Morgan fingerprint density at radius 3 is 2.68 bits per heavy atom. The smallest absolute Gasteiger partial charge is 0.338 e. The quantitative estimate of drug-likeness (QED) is 0.767. The minimum absolute atomic E-state index is 0.0253. The van der Waals surface area contributed by atoms with Crippen LogP contribution >= 0.6 is 0 Å². The molecule has 0 spiro atoms. The number of carbonyl (C=O) groups is 1. The van der Waals surface area contributed by atoms with Crippen LogP contribution in [-0.2, 0) is 11.3 Å². The fourth-order valence-corrected chi connectivity index (χ4v) is 1.86. The second kappa shape index (κ2) is 7.45. The van der Waals surface area contributed by atoms with Gasteiger partial charge in [0.2, 0.25) is 0 Å². The van der Waals surface area contributed by atoms with E-state index >= 15 is 0 Å². The summed E-state index contributed by atoms with van der Waals surface area (Å²) in [6.45, 7) is 4.03. The van der Waals surface area contributed by atoms with Crippen LogP contribution in [0.5, 0.6) is 11.5 Å². The van der Waals surface area contributed by atoms with Gasteiger partial charge in [0.15, 0.2) is 11.5 Å². The summed E-state index contributed by atoms with van der Waals surface area (Å²) in [5.41, 5.74) is 1.25. The van der Waals surface area contributed by atoms with Gasteiger partial charge >= 0.3 is 5.97 Å². The molecule has 0 bridgehead atoms. The molecule has 116 valence electrons. The summed E-state index contributed by atoms with van der Waals surface area (Å²) in [4.78, 5) is 16.1. The van der Waals surface area contributed by atoms with Crippen LogP contribution in [0.2, 0.25) is 0 Å². The van der Waals surface area contributed by atoms with Crippen LogP contribution in [0.15, 0.2) is 42.7 Å². The average molecular weight is 301 g/mol. The van der Waals surface area contributed by atoms with E-state index in [1.54, 1.807) is 36.7 Å². The van der Waals surface area contributed by atoms with E-state index in [0.717, 1.165) is 5.56 Å². The van der Waals surface area contributed by atoms with E-state index in [9.17, 15) is 4.79 Å². The van der Waals surface area contributed by atoms with E-state index in [-0.39, 0.29) is 12.7 Å². The lowest BCUT2D eigenvalue weighted by molar-refractivity contribution is 0.0472. The van der Waals surface area contributed by atoms with Crippen molar-refractivity contribution in [3.8, 4) is 11.5 Å². The summed E-state index contributed by atoms with van der Waals surface area (Å²) < 4.78 is 16.1. The van der Waals surface area contributed by atoms with E-state index in [4.69, 9.17) is 14.2 Å². The number of esters is 1. The largest absolute Gasteiger partial charge is 0.493 e. The van der Waals surface area contributed by atoms with Crippen molar-refractivity contribution in [1.82, 2.24) is 4.98 Å². The zero-order chi connectivity index (χ0) is 15.9.